The van der Waals surface area contributed by atoms with E-state index in [2.05, 4.69) is 33.5 Å². The van der Waals surface area contributed by atoms with Gasteiger partial charge in [0.05, 0.1) is 22.9 Å². The molecule has 0 spiro atoms. The fraction of sp³-hybridized carbons (Fsp3) is 0.263. The van der Waals surface area contributed by atoms with E-state index in [1.54, 1.807) is 0 Å². The van der Waals surface area contributed by atoms with Gasteiger partial charge in [-0.05, 0) is 44.1 Å². The van der Waals surface area contributed by atoms with Crippen LogP contribution in [0.4, 0.5) is 0 Å². The van der Waals surface area contributed by atoms with Crippen LogP contribution in [0.1, 0.15) is 24.6 Å². The van der Waals surface area contributed by atoms with E-state index < -0.39 is 0 Å². The lowest BCUT2D eigenvalue weighted by atomic mass is 9.97. The summed E-state index contributed by atoms with van der Waals surface area (Å²) in [7, 11) is 0. The van der Waals surface area contributed by atoms with Gasteiger partial charge in [0.15, 0.2) is 5.76 Å². The number of nitrogens with zero attached hydrogens (tertiary/aromatic N) is 2. The molecule has 0 saturated carbocycles. The van der Waals surface area contributed by atoms with Gasteiger partial charge in [0.2, 0.25) is 0 Å². The van der Waals surface area contributed by atoms with Gasteiger partial charge in [0, 0.05) is 11.3 Å². The van der Waals surface area contributed by atoms with Crippen molar-refractivity contribution in [1.82, 2.24) is 20.3 Å². The van der Waals surface area contributed by atoms with Crippen LogP contribution in [0.15, 0.2) is 47.0 Å². The van der Waals surface area contributed by atoms with Crippen molar-refractivity contribution in [2.75, 3.05) is 13.1 Å². The van der Waals surface area contributed by atoms with E-state index in [0.29, 0.717) is 5.92 Å². The van der Waals surface area contributed by atoms with Crippen LogP contribution >= 0.6 is 12.4 Å². The second-order valence-corrected chi connectivity index (χ2v) is 6.38. The third-order valence-corrected chi connectivity index (χ3v) is 4.78. The first kappa shape index (κ1) is 18.4. The van der Waals surface area contributed by atoms with Crippen molar-refractivity contribution in [3.05, 3.63) is 48.4 Å². The molecule has 0 radical (unpaired) electrons. The van der Waals surface area contributed by atoms with Crippen molar-refractivity contribution < 1.29 is 9.89 Å². The number of aromatic amines is 1. The Hall–Kier alpha value is -2.41. The predicted molar refractivity (Wildman–Crippen MR) is 105 cm³/mol. The summed E-state index contributed by atoms with van der Waals surface area (Å²) in [5.41, 5.74) is 3.74. The average molecular weight is 373 g/mol. The van der Waals surface area contributed by atoms with Gasteiger partial charge in [-0.25, -0.2) is 9.97 Å². The smallest absolute Gasteiger partial charge is 0.151 e. The molecule has 26 heavy (non-hydrogen) atoms. The first-order valence-corrected chi connectivity index (χ1v) is 8.42. The predicted octanol–water partition coefficient (Wildman–Crippen LogP) is 3.44. The van der Waals surface area contributed by atoms with Gasteiger partial charge in [-0.3, -0.25) is 0 Å². The zero-order chi connectivity index (χ0) is 15.9. The highest BCUT2D eigenvalue weighted by molar-refractivity contribution is 5.86. The zero-order valence-corrected chi connectivity index (χ0v) is 15.0. The fourth-order valence-corrected chi connectivity index (χ4v) is 3.46. The Kier molecular flexibility index (Phi) is 5.27. The van der Waals surface area contributed by atoms with E-state index in [-0.39, 0.29) is 17.9 Å². The van der Waals surface area contributed by atoms with Crippen LogP contribution in [0, 0.1) is 0 Å². The number of para-hydroxylation sites is 1. The standard InChI is InChI=1S/C19H18N4O.ClH.H2O/c1-2-4-17-13(3-1)9-18(24-17)15-10-14-16(22-15)11-21-19(23-14)12-5-7-20-8-6-12;;/h1-4,9-12,20,22H,5-8H2;1H;1H2. The van der Waals surface area contributed by atoms with E-state index in [1.807, 2.05) is 24.4 Å². The van der Waals surface area contributed by atoms with Crippen molar-refractivity contribution in [2.45, 2.75) is 18.8 Å². The molecule has 1 aliphatic rings. The van der Waals surface area contributed by atoms with Crippen molar-refractivity contribution in [2.24, 2.45) is 0 Å². The highest BCUT2D eigenvalue weighted by Gasteiger charge is 2.19. The normalized spacial score (nSPS) is 14.9. The number of piperidine rings is 1. The molecule has 0 amide bonds. The molecule has 136 valence electrons. The molecule has 3 aromatic heterocycles. The number of nitrogens with one attached hydrogen (secondary N) is 2. The molecule has 1 fully saturated rings. The molecule has 5 rings (SSSR count). The first-order chi connectivity index (χ1) is 11.9. The Morgan fingerprint density at radius 3 is 2.69 bits per heavy atom. The number of benzene rings is 1. The number of fused-ring (bicyclic) bond motifs is 2. The molecule has 0 bridgehead atoms. The number of rotatable bonds is 2. The van der Waals surface area contributed by atoms with Crippen LogP contribution < -0.4 is 5.32 Å². The van der Waals surface area contributed by atoms with E-state index in [1.165, 1.54) is 0 Å². The Labute approximate surface area is 156 Å². The summed E-state index contributed by atoms with van der Waals surface area (Å²) >= 11 is 0. The second-order valence-electron chi connectivity index (χ2n) is 6.38. The highest BCUT2D eigenvalue weighted by atomic mass is 35.5. The molecule has 7 heteroatoms. The molecule has 4 heterocycles. The molecule has 6 nitrogen and oxygen atoms in total. The van der Waals surface area contributed by atoms with E-state index in [4.69, 9.17) is 9.40 Å². The number of hydrogen-bond donors (Lipinski definition) is 2. The lowest BCUT2D eigenvalue weighted by Crippen LogP contribution is -2.27. The molecule has 0 aliphatic carbocycles. The van der Waals surface area contributed by atoms with Crippen molar-refractivity contribution in [3.63, 3.8) is 0 Å². The van der Waals surface area contributed by atoms with Gasteiger partial charge in [0.25, 0.3) is 0 Å². The Balaban J connectivity index is 0.000000980. The number of hydrogen-bond acceptors (Lipinski definition) is 4. The van der Waals surface area contributed by atoms with Crippen LogP contribution in [0.2, 0.25) is 0 Å². The summed E-state index contributed by atoms with van der Waals surface area (Å²) in [5, 5.41) is 4.49. The minimum Gasteiger partial charge on any atom is -0.455 e. The summed E-state index contributed by atoms with van der Waals surface area (Å²) in [6.45, 7) is 2.09. The fourth-order valence-electron chi connectivity index (χ4n) is 3.46. The molecule has 1 saturated heterocycles. The largest absolute Gasteiger partial charge is 0.455 e. The molecule has 0 atom stereocenters. The maximum Gasteiger partial charge on any atom is 0.151 e. The van der Waals surface area contributed by atoms with Gasteiger partial charge in [-0.15, -0.1) is 12.4 Å². The SMILES string of the molecule is Cl.O.c1ccc2oc(-c3cc4nc(C5CCNCC5)ncc4[nH]3)cc2c1. The van der Waals surface area contributed by atoms with Gasteiger partial charge >= 0.3 is 0 Å². The Morgan fingerprint density at radius 2 is 1.88 bits per heavy atom. The number of furan rings is 1. The molecule has 4 aromatic rings. The van der Waals surface area contributed by atoms with E-state index in [0.717, 1.165) is 65.2 Å². The molecule has 0 unspecified atom stereocenters. The number of aromatic nitrogens is 3. The van der Waals surface area contributed by atoms with E-state index >= 15 is 0 Å². The second kappa shape index (κ2) is 7.45. The van der Waals surface area contributed by atoms with Crippen LogP contribution in [0.5, 0.6) is 0 Å². The van der Waals surface area contributed by atoms with Crippen molar-refractivity contribution in [3.8, 4) is 11.5 Å². The third kappa shape index (κ3) is 3.19. The van der Waals surface area contributed by atoms with Gasteiger partial charge < -0.3 is 20.2 Å². The lowest BCUT2D eigenvalue weighted by Gasteiger charge is -2.20. The summed E-state index contributed by atoms with van der Waals surface area (Å²) in [4.78, 5) is 12.7. The minimum absolute atomic E-state index is 0. The lowest BCUT2D eigenvalue weighted by molar-refractivity contribution is 0.446. The minimum atomic E-state index is 0. The van der Waals surface area contributed by atoms with Gasteiger partial charge in [-0.1, -0.05) is 18.2 Å². The van der Waals surface area contributed by atoms with Gasteiger partial charge in [0.1, 0.15) is 11.4 Å². The molecular formula is C19H21ClN4O2. The topological polar surface area (TPSA) is 98.2 Å². The van der Waals surface area contributed by atoms with Crippen molar-refractivity contribution >= 4 is 34.4 Å². The maximum atomic E-state index is 5.94. The zero-order valence-electron chi connectivity index (χ0n) is 14.2. The third-order valence-electron chi connectivity index (χ3n) is 4.78. The van der Waals surface area contributed by atoms with Crippen LogP contribution in [0.3, 0.4) is 0 Å². The summed E-state index contributed by atoms with van der Waals surface area (Å²) < 4.78 is 5.94. The van der Waals surface area contributed by atoms with E-state index in [9.17, 15) is 0 Å². The Morgan fingerprint density at radius 1 is 1.08 bits per heavy atom. The highest BCUT2D eigenvalue weighted by Crippen LogP contribution is 2.30. The summed E-state index contributed by atoms with van der Waals surface area (Å²) in [5.74, 6) is 2.25. The average Bonchev–Trinajstić information content (AvgIpc) is 3.25. The summed E-state index contributed by atoms with van der Waals surface area (Å²) in [6, 6.07) is 12.2. The van der Waals surface area contributed by atoms with Crippen LogP contribution in [-0.4, -0.2) is 33.5 Å². The molecule has 4 N–H and O–H groups in total. The Bertz CT molecular complexity index is 988. The number of H-pyrrole nitrogens is 1. The van der Waals surface area contributed by atoms with Crippen molar-refractivity contribution in [1.29, 1.82) is 0 Å². The number of halogens is 1. The summed E-state index contributed by atoms with van der Waals surface area (Å²) in [6.07, 6.45) is 4.10. The van der Waals surface area contributed by atoms with Gasteiger partial charge in [-0.2, -0.15) is 0 Å². The molecule has 1 aromatic carbocycles. The maximum absolute atomic E-state index is 5.94. The van der Waals surface area contributed by atoms with Crippen LogP contribution in [0.25, 0.3) is 33.5 Å². The quantitative estimate of drug-likeness (QED) is 0.563. The molecule has 1 aliphatic heterocycles. The first-order valence-electron chi connectivity index (χ1n) is 8.42. The van der Waals surface area contributed by atoms with Crippen LogP contribution in [-0.2, 0) is 0 Å². The monoisotopic (exact) mass is 372 g/mol. The molecular weight excluding hydrogens is 352 g/mol.